The molecule has 0 spiro atoms. The van der Waals surface area contributed by atoms with Gasteiger partial charge in [-0.2, -0.15) is 18.2 Å². The number of aromatic nitrogens is 3. The number of para-hydroxylation sites is 2. The molecule has 0 aliphatic heterocycles. The molecule has 0 bridgehead atoms. The molecule has 0 aliphatic carbocycles. The number of nitrogens with zero attached hydrogens (tertiary/aromatic N) is 3. The zero-order chi connectivity index (χ0) is 21.1. The average Bonchev–Trinajstić information content (AvgIpc) is 3.37. The van der Waals surface area contributed by atoms with E-state index in [2.05, 4.69) is 15.1 Å². The predicted octanol–water partition coefficient (Wildman–Crippen LogP) is 4.73. The number of hydrogen-bond acceptors (Lipinski definition) is 8. The Morgan fingerprint density at radius 3 is 2.73 bits per heavy atom. The maximum absolute atomic E-state index is 12.8. The highest BCUT2D eigenvalue weighted by atomic mass is 32.2. The number of esters is 1. The largest absolute Gasteiger partial charge is 0.455 e. The lowest BCUT2D eigenvalue weighted by Crippen LogP contribution is -2.07. The van der Waals surface area contributed by atoms with Gasteiger partial charge in [0.25, 0.3) is 11.1 Å². The van der Waals surface area contributed by atoms with E-state index in [-0.39, 0.29) is 29.6 Å². The summed E-state index contributed by atoms with van der Waals surface area (Å²) < 4.78 is 53.9. The Morgan fingerprint density at radius 2 is 1.93 bits per heavy atom. The highest BCUT2D eigenvalue weighted by molar-refractivity contribution is 7.99. The topological polar surface area (TPSA) is 91.2 Å². The van der Waals surface area contributed by atoms with Gasteiger partial charge in [0, 0.05) is 5.56 Å². The molecular formula is C19H12F3N3O4S. The quantitative estimate of drug-likeness (QED) is 0.317. The summed E-state index contributed by atoms with van der Waals surface area (Å²) in [6, 6.07) is 11.7. The lowest BCUT2D eigenvalue weighted by molar-refractivity contribution is -0.142. The van der Waals surface area contributed by atoms with Crippen molar-refractivity contribution in [3.05, 3.63) is 60.0 Å². The van der Waals surface area contributed by atoms with Gasteiger partial charge >= 0.3 is 12.1 Å². The van der Waals surface area contributed by atoms with E-state index in [1.807, 2.05) is 12.1 Å². The number of halogens is 3. The molecule has 0 aliphatic rings. The molecule has 0 saturated heterocycles. The average molecular weight is 435 g/mol. The standard InChI is InChI=1S/C19H12F3N3O4S/c20-19(21,22)12-5-3-4-11(8-12)17-24-15(29-25-17)9-27-16(26)10-30-18-23-13-6-1-2-7-14(13)28-18/h1-8H,9-10H2. The van der Waals surface area contributed by atoms with E-state index in [0.29, 0.717) is 16.3 Å². The van der Waals surface area contributed by atoms with Crippen molar-refractivity contribution in [2.24, 2.45) is 0 Å². The minimum atomic E-state index is -4.48. The molecule has 0 unspecified atom stereocenters. The number of ether oxygens (including phenoxy) is 1. The summed E-state index contributed by atoms with van der Waals surface area (Å²) in [5.41, 5.74) is 0.606. The van der Waals surface area contributed by atoms with Crippen LogP contribution in [0.2, 0.25) is 0 Å². The van der Waals surface area contributed by atoms with E-state index in [0.717, 1.165) is 23.9 Å². The molecule has 154 valence electrons. The second kappa shape index (κ2) is 8.19. The summed E-state index contributed by atoms with van der Waals surface area (Å²) in [4.78, 5) is 20.1. The second-order valence-corrected chi connectivity index (χ2v) is 6.91. The van der Waals surface area contributed by atoms with E-state index in [1.165, 1.54) is 12.1 Å². The maximum atomic E-state index is 12.8. The van der Waals surface area contributed by atoms with Crippen LogP contribution in [0.15, 0.2) is 62.7 Å². The van der Waals surface area contributed by atoms with Crippen molar-refractivity contribution in [3.63, 3.8) is 0 Å². The maximum Gasteiger partial charge on any atom is 0.416 e. The molecule has 2 aromatic carbocycles. The van der Waals surface area contributed by atoms with Crippen LogP contribution in [0.3, 0.4) is 0 Å². The molecule has 0 radical (unpaired) electrons. The van der Waals surface area contributed by atoms with Gasteiger partial charge in [-0.1, -0.05) is 41.2 Å². The predicted molar refractivity (Wildman–Crippen MR) is 99.3 cm³/mol. The first-order valence-corrected chi connectivity index (χ1v) is 9.51. The first kappa shape index (κ1) is 20.0. The van der Waals surface area contributed by atoms with Gasteiger partial charge in [-0.25, -0.2) is 4.98 Å². The van der Waals surface area contributed by atoms with Gasteiger partial charge in [-0.3, -0.25) is 4.79 Å². The van der Waals surface area contributed by atoms with Crippen LogP contribution in [-0.2, 0) is 22.3 Å². The van der Waals surface area contributed by atoms with Crippen molar-refractivity contribution in [1.29, 1.82) is 0 Å². The fraction of sp³-hybridized carbons (Fsp3) is 0.158. The third-order valence-corrected chi connectivity index (χ3v) is 4.66. The van der Waals surface area contributed by atoms with Crippen LogP contribution in [0.1, 0.15) is 11.5 Å². The number of benzene rings is 2. The monoisotopic (exact) mass is 435 g/mol. The van der Waals surface area contributed by atoms with E-state index in [9.17, 15) is 18.0 Å². The van der Waals surface area contributed by atoms with Crippen molar-refractivity contribution >= 4 is 28.8 Å². The number of carbonyl (C=O) groups is 1. The summed E-state index contributed by atoms with van der Waals surface area (Å²) in [5.74, 6) is -0.696. The highest BCUT2D eigenvalue weighted by Crippen LogP contribution is 2.31. The molecule has 4 rings (SSSR count). The smallest absolute Gasteiger partial charge is 0.416 e. The number of hydrogen-bond donors (Lipinski definition) is 0. The third-order valence-electron chi connectivity index (χ3n) is 3.86. The van der Waals surface area contributed by atoms with Crippen LogP contribution in [0, 0.1) is 0 Å². The molecule has 0 saturated carbocycles. The molecular weight excluding hydrogens is 423 g/mol. The number of alkyl halides is 3. The molecule has 0 amide bonds. The van der Waals surface area contributed by atoms with Gasteiger partial charge in [-0.05, 0) is 24.3 Å². The number of thioether (sulfide) groups is 1. The van der Waals surface area contributed by atoms with Crippen molar-refractivity contribution in [1.82, 2.24) is 15.1 Å². The van der Waals surface area contributed by atoms with Crippen molar-refractivity contribution in [2.75, 3.05) is 5.75 Å². The van der Waals surface area contributed by atoms with Crippen LogP contribution >= 0.6 is 11.8 Å². The molecule has 30 heavy (non-hydrogen) atoms. The number of carbonyl (C=O) groups excluding carboxylic acids is 1. The van der Waals surface area contributed by atoms with E-state index in [1.54, 1.807) is 12.1 Å². The molecule has 2 heterocycles. The van der Waals surface area contributed by atoms with E-state index in [4.69, 9.17) is 13.7 Å². The van der Waals surface area contributed by atoms with Crippen LogP contribution in [-0.4, -0.2) is 26.8 Å². The minimum absolute atomic E-state index is 0.0343. The van der Waals surface area contributed by atoms with E-state index >= 15 is 0 Å². The van der Waals surface area contributed by atoms with Crippen LogP contribution in [0.25, 0.3) is 22.5 Å². The summed E-state index contributed by atoms with van der Waals surface area (Å²) >= 11 is 1.07. The summed E-state index contributed by atoms with van der Waals surface area (Å²) in [7, 11) is 0. The molecule has 7 nitrogen and oxygen atoms in total. The van der Waals surface area contributed by atoms with Crippen molar-refractivity contribution in [3.8, 4) is 11.4 Å². The normalized spacial score (nSPS) is 11.7. The number of rotatable bonds is 6. The SMILES string of the molecule is O=C(CSc1nc2ccccc2o1)OCc1nc(-c2cccc(C(F)(F)F)c2)no1. The minimum Gasteiger partial charge on any atom is -0.455 e. The second-order valence-electron chi connectivity index (χ2n) is 5.99. The Morgan fingerprint density at radius 1 is 1.10 bits per heavy atom. The fourth-order valence-corrected chi connectivity index (χ4v) is 3.12. The van der Waals surface area contributed by atoms with Crippen LogP contribution < -0.4 is 0 Å². The first-order valence-electron chi connectivity index (χ1n) is 8.53. The Balaban J connectivity index is 1.32. The Hall–Kier alpha value is -3.34. The zero-order valence-electron chi connectivity index (χ0n) is 15.0. The molecule has 0 fully saturated rings. The van der Waals surface area contributed by atoms with Crippen molar-refractivity contribution < 1.29 is 31.6 Å². The van der Waals surface area contributed by atoms with Gasteiger partial charge in [-0.15, -0.1) is 0 Å². The molecule has 0 atom stereocenters. The van der Waals surface area contributed by atoms with Gasteiger partial charge in [0.15, 0.2) is 12.2 Å². The lowest BCUT2D eigenvalue weighted by Gasteiger charge is -2.06. The number of oxazole rings is 1. The van der Waals surface area contributed by atoms with Gasteiger partial charge < -0.3 is 13.7 Å². The molecule has 11 heteroatoms. The summed E-state index contributed by atoms with van der Waals surface area (Å²) in [6.45, 7) is -0.307. The molecule has 4 aromatic rings. The third kappa shape index (κ3) is 4.62. The Bertz CT molecular complexity index is 1160. The van der Waals surface area contributed by atoms with Crippen LogP contribution in [0.4, 0.5) is 13.2 Å². The molecule has 2 aromatic heterocycles. The Kier molecular flexibility index (Phi) is 5.44. The summed E-state index contributed by atoms with van der Waals surface area (Å²) in [6.07, 6.45) is -4.48. The molecule has 0 N–H and O–H groups in total. The number of fused-ring (bicyclic) bond motifs is 1. The van der Waals surface area contributed by atoms with Gasteiger partial charge in [0.05, 0.1) is 5.56 Å². The fourth-order valence-electron chi connectivity index (χ4n) is 2.48. The van der Waals surface area contributed by atoms with Gasteiger partial charge in [0.2, 0.25) is 5.82 Å². The van der Waals surface area contributed by atoms with Crippen LogP contribution in [0.5, 0.6) is 0 Å². The van der Waals surface area contributed by atoms with Crippen molar-refractivity contribution in [2.45, 2.75) is 18.0 Å². The van der Waals surface area contributed by atoms with Gasteiger partial charge in [0.1, 0.15) is 11.3 Å². The zero-order valence-corrected chi connectivity index (χ0v) is 15.9. The Labute approximate surface area is 171 Å². The highest BCUT2D eigenvalue weighted by Gasteiger charge is 2.30. The lowest BCUT2D eigenvalue weighted by atomic mass is 10.1. The van der Waals surface area contributed by atoms with E-state index < -0.39 is 17.7 Å². The first-order chi connectivity index (χ1) is 14.4. The summed E-state index contributed by atoms with van der Waals surface area (Å²) in [5, 5.41) is 3.96.